The van der Waals surface area contributed by atoms with E-state index in [1.165, 1.54) is 4.68 Å². The molecule has 0 saturated carbocycles. The summed E-state index contributed by atoms with van der Waals surface area (Å²) in [6, 6.07) is 6.92. The number of halogens is 1. The number of nitrogens with zero attached hydrogens (tertiary/aromatic N) is 4. The topological polar surface area (TPSA) is 79.1 Å². The van der Waals surface area contributed by atoms with Crippen molar-refractivity contribution in [2.75, 3.05) is 6.61 Å². The van der Waals surface area contributed by atoms with Crippen LogP contribution in [0.2, 0.25) is 5.02 Å². The van der Waals surface area contributed by atoms with Crippen LogP contribution in [0.5, 0.6) is 5.75 Å². The van der Waals surface area contributed by atoms with E-state index in [9.17, 15) is 4.79 Å². The molecular weight excluding hydrogens is 284 g/mol. The third-order valence-corrected chi connectivity index (χ3v) is 2.62. The number of carbonyl (C=O) groups is 1. The number of aromatic nitrogens is 4. The van der Waals surface area contributed by atoms with Crippen molar-refractivity contribution in [1.82, 2.24) is 20.2 Å². The van der Waals surface area contributed by atoms with Crippen molar-refractivity contribution in [2.45, 2.75) is 20.1 Å². The van der Waals surface area contributed by atoms with Crippen LogP contribution in [0.25, 0.3) is 0 Å². The Bertz CT molecular complexity index is 570. The Kier molecular flexibility index (Phi) is 4.89. The van der Waals surface area contributed by atoms with Crippen molar-refractivity contribution < 1.29 is 14.3 Å². The number of hydrogen-bond acceptors (Lipinski definition) is 6. The predicted octanol–water partition coefficient (Wildman–Crippen LogP) is 1.47. The molecule has 1 aromatic carbocycles. The van der Waals surface area contributed by atoms with Crippen LogP contribution in [0.4, 0.5) is 0 Å². The van der Waals surface area contributed by atoms with E-state index in [-0.39, 0.29) is 13.2 Å². The van der Waals surface area contributed by atoms with Gasteiger partial charge in [-0.2, -0.15) is 0 Å². The van der Waals surface area contributed by atoms with Crippen LogP contribution in [-0.2, 0) is 22.7 Å². The average Bonchev–Trinajstić information content (AvgIpc) is 2.86. The second kappa shape index (κ2) is 6.85. The second-order valence-corrected chi connectivity index (χ2v) is 4.24. The molecule has 0 unspecified atom stereocenters. The molecule has 2 rings (SSSR count). The summed E-state index contributed by atoms with van der Waals surface area (Å²) in [5, 5.41) is 11.7. The lowest BCUT2D eigenvalue weighted by atomic mass is 10.3. The molecule has 8 heteroatoms. The molecule has 0 aliphatic carbocycles. The smallest absolute Gasteiger partial charge is 0.327 e. The lowest BCUT2D eigenvalue weighted by Gasteiger charge is -2.06. The minimum Gasteiger partial charge on any atom is -0.486 e. The van der Waals surface area contributed by atoms with Gasteiger partial charge in [0.25, 0.3) is 0 Å². The Morgan fingerprint density at radius 3 is 2.80 bits per heavy atom. The first kappa shape index (κ1) is 14.3. The fraction of sp³-hybridized carbons (Fsp3) is 0.333. The molecule has 7 nitrogen and oxygen atoms in total. The van der Waals surface area contributed by atoms with E-state index in [0.29, 0.717) is 23.2 Å². The molecular formula is C12H13ClN4O3. The van der Waals surface area contributed by atoms with Gasteiger partial charge in [-0.05, 0) is 41.6 Å². The Hall–Kier alpha value is -2.15. The molecule has 0 aliphatic rings. The molecule has 0 aliphatic heterocycles. The summed E-state index contributed by atoms with van der Waals surface area (Å²) >= 11 is 5.78. The molecule has 0 fully saturated rings. The molecule has 2 aromatic rings. The van der Waals surface area contributed by atoms with Gasteiger partial charge in [0.2, 0.25) is 0 Å². The molecule has 0 spiro atoms. The SMILES string of the molecule is CCOC(=O)Cn1nnnc1COc1ccc(Cl)cc1. The third-order valence-electron chi connectivity index (χ3n) is 2.37. The number of carbonyl (C=O) groups excluding carboxylic acids is 1. The highest BCUT2D eigenvalue weighted by atomic mass is 35.5. The summed E-state index contributed by atoms with van der Waals surface area (Å²) in [6.45, 7) is 2.16. The first-order valence-electron chi connectivity index (χ1n) is 5.98. The zero-order valence-corrected chi connectivity index (χ0v) is 11.6. The molecule has 0 saturated heterocycles. The van der Waals surface area contributed by atoms with Gasteiger partial charge < -0.3 is 9.47 Å². The van der Waals surface area contributed by atoms with Gasteiger partial charge in [0, 0.05) is 5.02 Å². The maximum absolute atomic E-state index is 11.4. The van der Waals surface area contributed by atoms with Crippen LogP contribution >= 0.6 is 11.6 Å². The van der Waals surface area contributed by atoms with Crippen LogP contribution in [0.3, 0.4) is 0 Å². The summed E-state index contributed by atoms with van der Waals surface area (Å²) in [5.74, 6) is 0.681. The van der Waals surface area contributed by atoms with Gasteiger partial charge in [-0.3, -0.25) is 4.79 Å². The Morgan fingerprint density at radius 1 is 1.35 bits per heavy atom. The number of rotatable bonds is 6. The minimum absolute atomic E-state index is 0.0415. The number of tetrazole rings is 1. The lowest BCUT2D eigenvalue weighted by Crippen LogP contribution is -2.17. The van der Waals surface area contributed by atoms with E-state index in [1.807, 2.05) is 0 Å². The highest BCUT2D eigenvalue weighted by Crippen LogP contribution is 2.16. The lowest BCUT2D eigenvalue weighted by molar-refractivity contribution is -0.144. The van der Waals surface area contributed by atoms with Gasteiger partial charge in [0.05, 0.1) is 6.61 Å². The van der Waals surface area contributed by atoms with Gasteiger partial charge in [-0.15, -0.1) is 5.10 Å². The van der Waals surface area contributed by atoms with Gasteiger partial charge in [-0.1, -0.05) is 11.6 Å². The largest absolute Gasteiger partial charge is 0.486 e. The monoisotopic (exact) mass is 296 g/mol. The van der Waals surface area contributed by atoms with Crippen LogP contribution < -0.4 is 4.74 Å². The van der Waals surface area contributed by atoms with Crippen molar-refractivity contribution in [3.63, 3.8) is 0 Å². The van der Waals surface area contributed by atoms with Gasteiger partial charge in [0.15, 0.2) is 5.82 Å². The Morgan fingerprint density at radius 2 is 2.10 bits per heavy atom. The van der Waals surface area contributed by atoms with Crippen molar-refractivity contribution in [3.8, 4) is 5.75 Å². The second-order valence-electron chi connectivity index (χ2n) is 3.80. The molecule has 0 atom stereocenters. The average molecular weight is 297 g/mol. The van der Waals surface area contributed by atoms with Gasteiger partial charge in [0.1, 0.15) is 18.9 Å². The molecule has 0 N–H and O–H groups in total. The highest BCUT2D eigenvalue weighted by molar-refractivity contribution is 6.30. The summed E-state index contributed by atoms with van der Waals surface area (Å²) in [4.78, 5) is 11.4. The van der Waals surface area contributed by atoms with Crippen molar-refractivity contribution >= 4 is 17.6 Å². The zero-order chi connectivity index (χ0) is 14.4. The van der Waals surface area contributed by atoms with E-state index in [0.717, 1.165) is 0 Å². The maximum Gasteiger partial charge on any atom is 0.327 e. The van der Waals surface area contributed by atoms with Gasteiger partial charge >= 0.3 is 5.97 Å². The van der Waals surface area contributed by atoms with E-state index in [2.05, 4.69) is 15.5 Å². The predicted molar refractivity (Wildman–Crippen MR) is 70.2 cm³/mol. The third kappa shape index (κ3) is 3.92. The summed E-state index contributed by atoms with van der Waals surface area (Å²) in [6.07, 6.45) is 0. The standard InChI is InChI=1S/C12H13ClN4O3/c1-2-19-12(18)7-17-11(14-15-16-17)8-20-10-5-3-9(13)4-6-10/h3-6H,2,7-8H2,1H3. The van der Waals surface area contributed by atoms with Crippen LogP contribution in [0, 0.1) is 0 Å². The number of ether oxygens (including phenoxy) is 2. The van der Waals surface area contributed by atoms with E-state index >= 15 is 0 Å². The fourth-order valence-corrected chi connectivity index (χ4v) is 1.58. The maximum atomic E-state index is 11.4. The number of hydrogen-bond donors (Lipinski definition) is 0. The molecule has 20 heavy (non-hydrogen) atoms. The van der Waals surface area contributed by atoms with E-state index < -0.39 is 5.97 Å². The van der Waals surface area contributed by atoms with E-state index in [4.69, 9.17) is 21.1 Å². The summed E-state index contributed by atoms with van der Waals surface area (Å²) < 4.78 is 11.7. The summed E-state index contributed by atoms with van der Waals surface area (Å²) in [5.41, 5.74) is 0. The quantitative estimate of drug-likeness (QED) is 0.751. The van der Waals surface area contributed by atoms with Crippen molar-refractivity contribution in [1.29, 1.82) is 0 Å². The van der Waals surface area contributed by atoms with Crippen LogP contribution in [0.15, 0.2) is 24.3 Å². The molecule has 0 radical (unpaired) electrons. The Balaban J connectivity index is 1.94. The van der Waals surface area contributed by atoms with Crippen LogP contribution in [-0.4, -0.2) is 32.8 Å². The zero-order valence-electron chi connectivity index (χ0n) is 10.8. The first-order chi connectivity index (χ1) is 9.69. The normalized spacial score (nSPS) is 10.3. The fourth-order valence-electron chi connectivity index (χ4n) is 1.46. The number of esters is 1. The molecule has 1 aromatic heterocycles. The molecule has 0 amide bonds. The molecule has 0 bridgehead atoms. The first-order valence-corrected chi connectivity index (χ1v) is 6.36. The van der Waals surface area contributed by atoms with Crippen molar-refractivity contribution in [2.24, 2.45) is 0 Å². The minimum atomic E-state index is -0.396. The van der Waals surface area contributed by atoms with Gasteiger partial charge in [-0.25, -0.2) is 4.68 Å². The number of benzene rings is 1. The molecule has 1 heterocycles. The summed E-state index contributed by atoms with van der Waals surface area (Å²) in [7, 11) is 0. The Labute approximate surface area is 120 Å². The van der Waals surface area contributed by atoms with Crippen molar-refractivity contribution in [3.05, 3.63) is 35.1 Å². The highest BCUT2D eigenvalue weighted by Gasteiger charge is 2.11. The molecule has 106 valence electrons. The van der Waals surface area contributed by atoms with E-state index in [1.54, 1.807) is 31.2 Å². The van der Waals surface area contributed by atoms with Crippen LogP contribution in [0.1, 0.15) is 12.7 Å².